The molecular weight excluding hydrogens is 208 g/mol. The van der Waals surface area contributed by atoms with Crippen molar-refractivity contribution in [2.24, 2.45) is 0 Å². The normalized spacial score (nSPS) is 24.5. The van der Waals surface area contributed by atoms with Crippen molar-refractivity contribution in [3.63, 3.8) is 0 Å². The summed E-state index contributed by atoms with van der Waals surface area (Å²) >= 11 is 0. The molecule has 0 aliphatic carbocycles. The lowest BCUT2D eigenvalue weighted by atomic mass is 10.3. The molecule has 0 aromatic heterocycles. The van der Waals surface area contributed by atoms with Gasteiger partial charge in [-0.25, -0.2) is 4.79 Å². The van der Waals surface area contributed by atoms with E-state index in [4.69, 9.17) is 4.74 Å². The van der Waals surface area contributed by atoms with Crippen LogP contribution < -0.4 is 0 Å². The van der Waals surface area contributed by atoms with Gasteiger partial charge in [0.2, 0.25) is 0 Å². The average molecular weight is 220 g/mol. The Balaban J connectivity index is 2.47. The first kappa shape index (κ1) is 11.2. The van der Waals surface area contributed by atoms with Crippen molar-refractivity contribution in [2.75, 3.05) is 13.2 Å². The second-order valence-electron chi connectivity index (χ2n) is 3.10. The highest BCUT2D eigenvalue weighted by Gasteiger charge is 2.33. The molecule has 5 nitrogen and oxygen atoms in total. The number of carbonyl (C=O) groups excluding carboxylic acids is 1. The zero-order chi connectivity index (χ0) is 10.8. The fraction of sp³-hybridized carbons (Fsp3) is 0.625. The summed E-state index contributed by atoms with van der Waals surface area (Å²) < 4.78 is 31.4. The van der Waals surface area contributed by atoms with Gasteiger partial charge >= 0.3 is 5.97 Å². The van der Waals surface area contributed by atoms with E-state index in [1.165, 1.54) is 6.92 Å². The summed E-state index contributed by atoms with van der Waals surface area (Å²) in [5.74, 6) is -0.577. The molecule has 1 fully saturated rings. The molecular formula is C8H12O5S. The van der Waals surface area contributed by atoms with Gasteiger partial charge in [0.15, 0.2) is 0 Å². The Morgan fingerprint density at radius 2 is 2.29 bits per heavy atom. The van der Waals surface area contributed by atoms with Crippen molar-refractivity contribution in [2.45, 2.75) is 18.6 Å². The summed E-state index contributed by atoms with van der Waals surface area (Å²) in [5.41, 5.74) is 0.251. The number of ether oxygens (including phenoxy) is 1. The van der Waals surface area contributed by atoms with Crippen molar-refractivity contribution >= 4 is 16.1 Å². The molecule has 1 rings (SSSR count). The van der Waals surface area contributed by atoms with Gasteiger partial charge in [0, 0.05) is 5.57 Å². The van der Waals surface area contributed by atoms with Gasteiger partial charge in [0.05, 0.1) is 6.61 Å². The van der Waals surface area contributed by atoms with Crippen LogP contribution in [0.2, 0.25) is 0 Å². The minimum atomic E-state index is -3.52. The second kappa shape index (κ2) is 4.10. The van der Waals surface area contributed by atoms with E-state index in [1.807, 2.05) is 0 Å². The smallest absolute Gasteiger partial charge is 0.333 e. The summed E-state index contributed by atoms with van der Waals surface area (Å²) in [6, 6.07) is 0. The fourth-order valence-electron chi connectivity index (χ4n) is 0.995. The molecule has 1 unspecified atom stereocenters. The van der Waals surface area contributed by atoms with Crippen LogP contribution in [0, 0.1) is 0 Å². The van der Waals surface area contributed by atoms with E-state index in [0.717, 1.165) is 0 Å². The Morgan fingerprint density at radius 1 is 1.64 bits per heavy atom. The second-order valence-corrected chi connectivity index (χ2v) is 4.99. The van der Waals surface area contributed by atoms with Crippen molar-refractivity contribution in [3.8, 4) is 0 Å². The van der Waals surface area contributed by atoms with Gasteiger partial charge in [0.1, 0.15) is 11.9 Å². The molecule has 14 heavy (non-hydrogen) atoms. The van der Waals surface area contributed by atoms with Crippen molar-refractivity contribution < 1.29 is 22.1 Å². The SMILES string of the molecule is C=C(C)C(=O)OCC1CCOS1(=O)=O. The number of esters is 1. The highest BCUT2D eigenvalue weighted by molar-refractivity contribution is 7.87. The highest BCUT2D eigenvalue weighted by Crippen LogP contribution is 2.17. The first-order chi connectivity index (χ1) is 6.43. The van der Waals surface area contributed by atoms with E-state index in [2.05, 4.69) is 10.8 Å². The first-order valence-electron chi connectivity index (χ1n) is 4.14. The third kappa shape index (κ3) is 2.55. The van der Waals surface area contributed by atoms with Crippen LogP contribution in [-0.4, -0.2) is 32.9 Å². The predicted octanol–water partition coefficient (Wildman–Crippen LogP) is 0.224. The van der Waals surface area contributed by atoms with Crippen LogP contribution in [0.5, 0.6) is 0 Å². The minimum absolute atomic E-state index is 0.159. The Hall–Kier alpha value is -0.880. The van der Waals surface area contributed by atoms with Crippen LogP contribution in [-0.2, 0) is 23.8 Å². The number of hydrogen-bond acceptors (Lipinski definition) is 5. The van der Waals surface area contributed by atoms with Crippen LogP contribution in [0.4, 0.5) is 0 Å². The monoisotopic (exact) mass is 220 g/mol. The minimum Gasteiger partial charge on any atom is -0.461 e. The summed E-state index contributed by atoms with van der Waals surface area (Å²) in [4.78, 5) is 11.0. The average Bonchev–Trinajstić information content (AvgIpc) is 2.40. The molecule has 0 aromatic rings. The van der Waals surface area contributed by atoms with Crippen LogP contribution in [0.3, 0.4) is 0 Å². The van der Waals surface area contributed by atoms with Gasteiger partial charge < -0.3 is 4.74 Å². The molecule has 80 valence electrons. The van der Waals surface area contributed by atoms with Crippen molar-refractivity contribution in [3.05, 3.63) is 12.2 Å². The Kier molecular flexibility index (Phi) is 3.28. The molecule has 0 spiro atoms. The van der Waals surface area contributed by atoms with Gasteiger partial charge in [-0.15, -0.1) is 0 Å². The molecule has 0 amide bonds. The number of hydrogen-bond donors (Lipinski definition) is 0. The third-order valence-corrected chi connectivity index (χ3v) is 3.53. The van der Waals surface area contributed by atoms with Gasteiger partial charge in [-0.3, -0.25) is 4.18 Å². The molecule has 1 aliphatic heterocycles. The van der Waals surface area contributed by atoms with E-state index in [1.54, 1.807) is 0 Å². The highest BCUT2D eigenvalue weighted by atomic mass is 32.2. The maximum atomic E-state index is 11.1. The summed E-state index contributed by atoms with van der Waals surface area (Å²) in [7, 11) is -3.52. The quantitative estimate of drug-likeness (QED) is 0.386. The fourth-order valence-corrected chi connectivity index (χ4v) is 2.14. The molecule has 0 N–H and O–H groups in total. The standard InChI is InChI=1S/C8H12O5S/c1-6(2)8(9)12-5-7-3-4-13-14(7,10)11/h7H,1,3-5H2,2H3. The van der Waals surface area contributed by atoms with E-state index >= 15 is 0 Å². The number of rotatable bonds is 3. The maximum absolute atomic E-state index is 11.1. The molecule has 0 aromatic carbocycles. The van der Waals surface area contributed by atoms with Crippen molar-refractivity contribution in [1.29, 1.82) is 0 Å². The molecule has 0 bridgehead atoms. The Labute approximate surface area is 82.8 Å². The topological polar surface area (TPSA) is 69.7 Å². The molecule has 1 aliphatic rings. The lowest BCUT2D eigenvalue weighted by Crippen LogP contribution is -2.23. The van der Waals surface area contributed by atoms with Gasteiger partial charge in [-0.2, -0.15) is 8.42 Å². The van der Waals surface area contributed by atoms with E-state index in [-0.39, 0.29) is 18.8 Å². The third-order valence-electron chi connectivity index (χ3n) is 1.84. The van der Waals surface area contributed by atoms with Gasteiger partial charge in [0.25, 0.3) is 10.1 Å². The largest absolute Gasteiger partial charge is 0.461 e. The Morgan fingerprint density at radius 3 is 2.71 bits per heavy atom. The zero-order valence-electron chi connectivity index (χ0n) is 7.86. The number of carbonyl (C=O) groups is 1. The van der Waals surface area contributed by atoms with E-state index in [0.29, 0.717) is 6.42 Å². The molecule has 6 heteroatoms. The van der Waals surface area contributed by atoms with Crippen LogP contribution >= 0.6 is 0 Å². The molecule has 1 saturated heterocycles. The van der Waals surface area contributed by atoms with E-state index < -0.39 is 21.3 Å². The van der Waals surface area contributed by atoms with Gasteiger partial charge in [-0.1, -0.05) is 6.58 Å². The maximum Gasteiger partial charge on any atom is 0.333 e. The first-order valence-corrected chi connectivity index (χ1v) is 5.61. The lowest BCUT2D eigenvalue weighted by Gasteiger charge is -2.08. The summed E-state index contributed by atoms with van der Waals surface area (Å²) in [6.45, 7) is 4.89. The van der Waals surface area contributed by atoms with Gasteiger partial charge in [-0.05, 0) is 13.3 Å². The zero-order valence-corrected chi connectivity index (χ0v) is 8.67. The van der Waals surface area contributed by atoms with E-state index in [9.17, 15) is 13.2 Å². The van der Waals surface area contributed by atoms with Crippen LogP contribution in [0.15, 0.2) is 12.2 Å². The molecule has 1 atom stereocenters. The Bertz CT molecular complexity index is 343. The molecule has 1 heterocycles. The summed E-state index contributed by atoms with van der Waals surface area (Å²) in [6.07, 6.45) is 0.367. The van der Waals surface area contributed by atoms with Crippen LogP contribution in [0.25, 0.3) is 0 Å². The molecule has 0 radical (unpaired) electrons. The van der Waals surface area contributed by atoms with Crippen LogP contribution in [0.1, 0.15) is 13.3 Å². The molecule has 0 saturated carbocycles. The summed E-state index contributed by atoms with van der Waals surface area (Å²) in [5, 5.41) is -0.731. The lowest BCUT2D eigenvalue weighted by molar-refractivity contribution is -0.138. The van der Waals surface area contributed by atoms with Crippen molar-refractivity contribution in [1.82, 2.24) is 0 Å². The predicted molar refractivity (Wildman–Crippen MR) is 49.0 cm³/mol.